The molecule has 2 N–H and O–H groups in total. The topological polar surface area (TPSA) is 82.5 Å². The highest BCUT2D eigenvalue weighted by atomic mass is 16.3. The molecule has 0 bridgehead atoms. The van der Waals surface area contributed by atoms with Gasteiger partial charge in [-0.05, 0) is 18.6 Å². The lowest BCUT2D eigenvalue weighted by atomic mass is 10.2. The average molecular weight is 275 g/mol. The van der Waals surface area contributed by atoms with Gasteiger partial charge in [0.05, 0.1) is 0 Å². The lowest BCUT2D eigenvalue weighted by molar-refractivity contribution is -0.130. The molecule has 0 spiro atoms. The molecule has 20 heavy (non-hydrogen) atoms. The van der Waals surface area contributed by atoms with E-state index < -0.39 is 5.91 Å². The Morgan fingerprint density at radius 2 is 2.25 bits per heavy atom. The van der Waals surface area contributed by atoms with E-state index >= 15 is 0 Å². The maximum atomic E-state index is 11.9. The van der Waals surface area contributed by atoms with Gasteiger partial charge >= 0.3 is 0 Å². The summed E-state index contributed by atoms with van der Waals surface area (Å²) in [6.07, 6.45) is 6.56. The van der Waals surface area contributed by atoms with E-state index in [1.165, 1.54) is 12.3 Å². The Morgan fingerprint density at radius 3 is 2.95 bits per heavy atom. The molecule has 1 aliphatic rings. The first-order valence-corrected chi connectivity index (χ1v) is 6.53. The van der Waals surface area contributed by atoms with Gasteiger partial charge in [0.25, 0.3) is 5.91 Å². The van der Waals surface area contributed by atoms with Crippen molar-refractivity contribution in [3.05, 3.63) is 36.2 Å². The molecule has 106 valence electrons. The van der Waals surface area contributed by atoms with Gasteiger partial charge in [-0.25, -0.2) is 4.98 Å². The van der Waals surface area contributed by atoms with Crippen molar-refractivity contribution >= 4 is 11.8 Å². The maximum Gasteiger partial charge on any atom is 0.273 e. The summed E-state index contributed by atoms with van der Waals surface area (Å²) in [5.41, 5.74) is -0.0270. The molecular weight excluding hydrogens is 258 g/mol. The quantitative estimate of drug-likeness (QED) is 0.792. The van der Waals surface area contributed by atoms with Crippen molar-refractivity contribution in [3.8, 4) is 5.75 Å². The Hall–Kier alpha value is -2.37. The van der Waals surface area contributed by atoms with Gasteiger partial charge in [0.15, 0.2) is 5.69 Å². The third kappa shape index (κ3) is 3.57. The number of nitrogens with zero attached hydrogens (tertiary/aromatic N) is 2. The predicted octanol–water partition coefficient (Wildman–Crippen LogP) is 0.696. The SMILES string of the molecule is O=C(NCCC(=O)N1CC=CCC1)c1ncccc1O. The third-order valence-electron chi connectivity index (χ3n) is 3.04. The van der Waals surface area contributed by atoms with Crippen LogP contribution in [0.2, 0.25) is 0 Å². The van der Waals surface area contributed by atoms with Crippen molar-refractivity contribution in [2.24, 2.45) is 0 Å². The van der Waals surface area contributed by atoms with Gasteiger partial charge in [-0.2, -0.15) is 0 Å². The first kappa shape index (κ1) is 14.0. The van der Waals surface area contributed by atoms with Crippen molar-refractivity contribution in [1.29, 1.82) is 0 Å². The molecule has 2 amide bonds. The zero-order valence-corrected chi connectivity index (χ0v) is 11.1. The fourth-order valence-electron chi connectivity index (χ4n) is 1.96. The molecule has 0 unspecified atom stereocenters. The highest BCUT2D eigenvalue weighted by molar-refractivity contribution is 5.94. The van der Waals surface area contributed by atoms with Gasteiger partial charge in [0, 0.05) is 32.3 Å². The molecule has 2 heterocycles. The average Bonchev–Trinajstić information content (AvgIpc) is 2.48. The van der Waals surface area contributed by atoms with Crippen molar-refractivity contribution in [3.63, 3.8) is 0 Å². The molecule has 0 fully saturated rings. The van der Waals surface area contributed by atoms with E-state index in [4.69, 9.17) is 0 Å². The van der Waals surface area contributed by atoms with E-state index in [9.17, 15) is 14.7 Å². The summed E-state index contributed by atoms with van der Waals surface area (Å²) >= 11 is 0. The Bertz CT molecular complexity index is 528. The van der Waals surface area contributed by atoms with Crippen LogP contribution < -0.4 is 5.32 Å². The normalized spacial score (nSPS) is 14.1. The number of aromatic nitrogens is 1. The fraction of sp³-hybridized carbons (Fsp3) is 0.357. The van der Waals surface area contributed by atoms with E-state index in [2.05, 4.69) is 16.4 Å². The number of rotatable bonds is 4. The van der Waals surface area contributed by atoms with Crippen LogP contribution in [-0.2, 0) is 4.79 Å². The maximum absolute atomic E-state index is 11.9. The molecule has 0 saturated heterocycles. The molecule has 1 aromatic rings. The van der Waals surface area contributed by atoms with Gasteiger partial charge in [-0.3, -0.25) is 9.59 Å². The molecule has 1 aliphatic heterocycles. The van der Waals surface area contributed by atoms with E-state index in [0.717, 1.165) is 13.0 Å². The van der Waals surface area contributed by atoms with Crippen LogP contribution in [0.4, 0.5) is 0 Å². The number of hydrogen-bond acceptors (Lipinski definition) is 4. The van der Waals surface area contributed by atoms with Crippen molar-refractivity contribution in [1.82, 2.24) is 15.2 Å². The van der Waals surface area contributed by atoms with Crippen LogP contribution in [0.1, 0.15) is 23.3 Å². The molecule has 2 rings (SSSR count). The smallest absolute Gasteiger partial charge is 0.273 e. The minimum absolute atomic E-state index is 0.0138. The molecule has 6 nitrogen and oxygen atoms in total. The molecule has 1 aromatic heterocycles. The van der Waals surface area contributed by atoms with Crippen molar-refractivity contribution < 1.29 is 14.7 Å². The number of nitrogens with one attached hydrogen (secondary N) is 1. The molecule has 0 aromatic carbocycles. The van der Waals surface area contributed by atoms with E-state index in [-0.39, 0.29) is 30.3 Å². The van der Waals surface area contributed by atoms with Gasteiger partial charge in [0.2, 0.25) is 5.91 Å². The van der Waals surface area contributed by atoms with Crippen LogP contribution >= 0.6 is 0 Å². The summed E-state index contributed by atoms with van der Waals surface area (Å²) in [6.45, 7) is 1.59. The number of pyridine rings is 1. The summed E-state index contributed by atoms with van der Waals surface area (Å²) < 4.78 is 0. The molecular formula is C14H17N3O3. The number of aromatic hydroxyl groups is 1. The molecule has 6 heteroatoms. The Morgan fingerprint density at radius 1 is 1.40 bits per heavy atom. The van der Waals surface area contributed by atoms with Crippen molar-refractivity contribution in [2.75, 3.05) is 19.6 Å². The lowest BCUT2D eigenvalue weighted by Gasteiger charge is -2.23. The molecule has 0 atom stereocenters. The van der Waals surface area contributed by atoms with E-state index in [1.807, 2.05) is 6.08 Å². The van der Waals surface area contributed by atoms with Crippen LogP contribution in [0, 0.1) is 0 Å². The van der Waals surface area contributed by atoms with Crippen LogP contribution in [-0.4, -0.2) is 46.4 Å². The van der Waals surface area contributed by atoms with E-state index in [0.29, 0.717) is 6.54 Å². The standard InChI is InChI=1S/C14H17N3O3/c18-11-5-4-7-15-13(11)14(20)16-8-6-12(19)17-9-2-1-3-10-17/h1-2,4-5,7,18H,3,6,8-10H2,(H,16,20). The Balaban J connectivity index is 1.78. The minimum atomic E-state index is -0.477. The number of carbonyl (C=O) groups is 2. The number of amides is 2. The van der Waals surface area contributed by atoms with Gasteiger partial charge < -0.3 is 15.3 Å². The van der Waals surface area contributed by atoms with Crippen LogP contribution in [0.3, 0.4) is 0 Å². The second kappa shape index (κ2) is 6.70. The third-order valence-corrected chi connectivity index (χ3v) is 3.04. The highest BCUT2D eigenvalue weighted by Gasteiger charge is 2.15. The minimum Gasteiger partial charge on any atom is -0.505 e. The molecule has 0 aliphatic carbocycles. The zero-order valence-electron chi connectivity index (χ0n) is 11.1. The van der Waals surface area contributed by atoms with Gasteiger partial charge in [0.1, 0.15) is 5.75 Å². The number of hydrogen-bond donors (Lipinski definition) is 2. The first-order valence-electron chi connectivity index (χ1n) is 6.53. The highest BCUT2D eigenvalue weighted by Crippen LogP contribution is 2.11. The van der Waals surface area contributed by atoms with Gasteiger partial charge in [-0.1, -0.05) is 12.2 Å². The summed E-state index contributed by atoms with van der Waals surface area (Å²) in [6, 6.07) is 2.94. The Labute approximate surface area is 117 Å². The zero-order chi connectivity index (χ0) is 14.4. The fourth-order valence-corrected chi connectivity index (χ4v) is 1.96. The lowest BCUT2D eigenvalue weighted by Crippen LogP contribution is -2.36. The second-order valence-corrected chi connectivity index (χ2v) is 4.48. The summed E-state index contributed by atoms with van der Waals surface area (Å²) in [4.78, 5) is 29.2. The second-order valence-electron chi connectivity index (χ2n) is 4.48. The summed E-state index contributed by atoms with van der Waals surface area (Å²) in [5, 5.41) is 12.1. The van der Waals surface area contributed by atoms with Crippen LogP contribution in [0.15, 0.2) is 30.5 Å². The summed E-state index contributed by atoms with van der Waals surface area (Å²) in [5.74, 6) is -0.633. The van der Waals surface area contributed by atoms with Crippen LogP contribution in [0.5, 0.6) is 5.75 Å². The summed E-state index contributed by atoms with van der Waals surface area (Å²) in [7, 11) is 0. The molecule has 0 saturated carbocycles. The predicted molar refractivity (Wildman–Crippen MR) is 73.2 cm³/mol. The number of carbonyl (C=O) groups excluding carboxylic acids is 2. The first-order chi connectivity index (χ1) is 9.68. The largest absolute Gasteiger partial charge is 0.505 e. The monoisotopic (exact) mass is 275 g/mol. The van der Waals surface area contributed by atoms with E-state index in [1.54, 1.807) is 11.0 Å². The Kier molecular flexibility index (Phi) is 4.70. The van der Waals surface area contributed by atoms with Gasteiger partial charge in [-0.15, -0.1) is 0 Å². The van der Waals surface area contributed by atoms with Crippen LogP contribution in [0.25, 0.3) is 0 Å². The molecule has 0 radical (unpaired) electrons. The van der Waals surface area contributed by atoms with Crippen molar-refractivity contribution in [2.45, 2.75) is 12.8 Å².